The van der Waals surface area contributed by atoms with Gasteiger partial charge in [0.2, 0.25) is 0 Å². The Kier molecular flexibility index (Phi) is 4.90. The Bertz CT molecular complexity index is 1190. The second kappa shape index (κ2) is 7.31. The topological polar surface area (TPSA) is 127 Å². The van der Waals surface area contributed by atoms with E-state index in [1.54, 1.807) is 18.2 Å². The minimum atomic E-state index is -0.772. The average Bonchev–Trinajstić information content (AvgIpc) is 2.65. The van der Waals surface area contributed by atoms with Gasteiger partial charge in [-0.3, -0.25) is 19.7 Å². The van der Waals surface area contributed by atoms with Gasteiger partial charge in [-0.1, -0.05) is 6.07 Å². The lowest BCUT2D eigenvalue weighted by Crippen LogP contribution is -2.38. The van der Waals surface area contributed by atoms with Gasteiger partial charge >= 0.3 is 5.69 Å². The first-order valence-corrected chi connectivity index (χ1v) is 8.26. The van der Waals surface area contributed by atoms with E-state index in [4.69, 9.17) is 0 Å². The number of H-pyrrole nitrogens is 1. The number of aromatic amines is 1. The Morgan fingerprint density at radius 3 is 2.36 bits per heavy atom. The third kappa shape index (κ3) is 3.58. The molecule has 1 amide bonds. The van der Waals surface area contributed by atoms with E-state index >= 15 is 0 Å². The Balaban J connectivity index is 1.97. The lowest BCUT2D eigenvalue weighted by Gasteiger charge is -2.09. The van der Waals surface area contributed by atoms with E-state index in [9.17, 15) is 24.5 Å². The van der Waals surface area contributed by atoms with E-state index in [0.717, 1.165) is 21.9 Å². The molecule has 9 nitrogen and oxygen atoms in total. The van der Waals surface area contributed by atoms with Gasteiger partial charge in [-0.05, 0) is 49.2 Å². The van der Waals surface area contributed by atoms with E-state index in [-0.39, 0.29) is 16.9 Å². The standard InChI is InChI=1S/C19H16N4O5/c1-11-3-6-15(9-12(11)2)22-18(25)16(10-20-19(22)26)17(24)21-13-4-7-14(8-5-13)23(27)28/h3-10H,1-2H3,(H,20,26)(H,21,24). The fourth-order valence-corrected chi connectivity index (χ4v) is 2.60. The van der Waals surface area contributed by atoms with Gasteiger partial charge in [0.1, 0.15) is 5.56 Å². The summed E-state index contributed by atoms with van der Waals surface area (Å²) in [5, 5.41) is 13.2. The Morgan fingerprint density at radius 2 is 1.75 bits per heavy atom. The minimum absolute atomic E-state index is 0.126. The zero-order valence-electron chi connectivity index (χ0n) is 15.1. The number of anilines is 1. The van der Waals surface area contributed by atoms with Crippen molar-refractivity contribution in [3.05, 3.63) is 96.3 Å². The number of nitro groups is 1. The second-order valence-corrected chi connectivity index (χ2v) is 6.17. The molecule has 0 atom stereocenters. The predicted octanol–water partition coefficient (Wildman–Crippen LogP) is 2.30. The highest BCUT2D eigenvalue weighted by molar-refractivity contribution is 6.03. The van der Waals surface area contributed by atoms with Crippen LogP contribution in [0.2, 0.25) is 0 Å². The summed E-state index contributed by atoms with van der Waals surface area (Å²) in [4.78, 5) is 49.9. The maximum atomic E-state index is 12.8. The van der Waals surface area contributed by atoms with Crippen molar-refractivity contribution in [3.63, 3.8) is 0 Å². The molecule has 0 bridgehead atoms. The van der Waals surface area contributed by atoms with Crippen molar-refractivity contribution in [3.8, 4) is 5.69 Å². The number of carbonyl (C=O) groups excluding carboxylic acids is 1. The summed E-state index contributed by atoms with van der Waals surface area (Å²) in [7, 11) is 0. The summed E-state index contributed by atoms with van der Waals surface area (Å²) in [5.41, 5.74) is 0.685. The van der Waals surface area contributed by atoms with E-state index < -0.39 is 22.1 Å². The van der Waals surface area contributed by atoms with Crippen molar-refractivity contribution in [1.82, 2.24) is 9.55 Å². The van der Waals surface area contributed by atoms with E-state index in [1.165, 1.54) is 24.3 Å². The monoisotopic (exact) mass is 380 g/mol. The first-order valence-electron chi connectivity index (χ1n) is 8.26. The fraction of sp³-hybridized carbons (Fsp3) is 0.105. The molecule has 0 aliphatic rings. The molecule has 3 rings (SSSR count). The maximum absolute atomic E-state index is 12.8. The summed E-state index contributed by atoms with van der Waals surface area (Å²) in [6, 6.07) is 10.2. The van der Waals surface area contributed by atoms with Crippen LogP contribution in [0.25, 0.3) is 5.69 Å². The molecule has 0 saturated carbocycles. The number of nitrogens with zero attached hydrogens (tertiary/aromatic N) is 2. The van der Waals surface area contributed by atoms with Crippen molar-refractivity contribution in [2.75, 3.05) is 5.32 Å². The molecule has 0 aliphatic heterocycles. The quantitative estimate of drug-likeness (QED) is 0.530. The number of nitro benzene ring substituents is 1. The Hall–Kier alpha value is -4.01. The highest BCUT2D eigenvalue weighted by Crippen LogP contribution is 2.16. The highest BCUT2D eigenvalue weighted by Gasteiger charge is 2.17. The van der Waals surface area contributed by atoms with Crippen molar-refractivity contribution < 1.29 is 9.72 Å². The van der Waals surface area contributed by atoms with Crippen molar-refractivity contribution in [2.45, 2.75) is 13.8 Å². The third-order valence-corrected chi connectivity index (χ3v) is 4.31. The summed E-state index contributed by atoms with van der Waals surface area (Å²) in [6.07, 6.45) is 1.04. The van der Waals surface area contributed by atoms with Crippen molar-refractivity contribution in [2.24, 2.45) is 0 Å². The van der Waals surface area contributed by atoms with E-state index in [1.807, 2.05) is 13.8 Å². The normalized spacial score (nSPS) is 10.5. The molecular weight excluding hydrogens is 364 g/mol. The summed E-state index contributed by atoms with van der Waals surface area (Å²) in [5.74, 6) is -0.743. The minimum Gasteiger partial charge on any atom is -0.322 e. The molecule has 0 fully saturated rings. The molecule has 9 heteroatoms. The highest BCUT2D eigenvalue weighted by atomic mass is 16.6. The number of non-ortho nitro benzene ring substituents is 1. The second-order valence-electron chi connectivity index (χ2n) is 6.17. The molecule has 0 aliphatic carbocycles. The van der Waals surface area contributed by atoms with Gasteiger partial charge in [0.05, 0.1) is 10.6 Å². The van der Waals surface area contributed by atoms with Crippen molar-refractivity contribution >= 4 is 17.3 Å². The fourth-order valence-electron chi connectivity index (χ4n) is 2.60. The number of rotatable bonds is 4. The molecule has 1 heterocycles. The zero-order chi connectivity index (χ0) is 20.4. The van der Waals surface area contributed by atoms with Gasteiger partial charge in [0, 0.05) is 24.0 Å². The molecule has 2 N–H and O–H groups in total. The van der Waals surface area contributed by atoms with Crippen LogP contribution >= 0.6 is 0 Å². The number of hydrogen-bond donors (Lipinski definition) is 2. The number of aromatic nitrogens is 2. The molecule has 0 saturated heterocycles. The van der Waals surface area contributed by atoms with Crippen LogP contribution in [0.15, 0.2) is 58.3 Å². The number of aryl methyl sites for hydroxylation is 2. The molecule has 3 aromatic rings. The van der Waals surface area contributed by atoms with Crippen LogP contribution in [-0.4, -0.2) is 20.4 Å². The third-order valence-electron chi connectivity index (χ3n) is 4.31. The number of amides is 1. The maximum Gasteiger partial charge on any atom is 0.333 e. The van der Waals surface area contributed by atoms with Crippen LogP contribution in [0, 0.1) is 24.0 Å². The summed E-state index contributed by atoms with van der Waals surface area (Å²) in [6.45, 7) is 3.75. The van der Waals surface area contributed by atoms with Crippen LogP contribution < -0.4 is 16.6 Å². The lowest BCUT2D eigenvalue weighted by molar-refractivity contribution is -0.384. The van der Waals surface area contributed by atoms with Gasteiger partial charge in [-0.2, -0.15) is 0 Å². The van der Waals surface area contributed by atoms with Gasteiger partial charge in [-0.25, -0.2) is 9.36 Å². The van der Waals surface area contributed by atoms with E-state index in [2.05, 4.69) is 10.3 Å². The number of hydrogen-bond acceptors (Lipinski definition) is 5. The number of nitrogens with one attached hydrogen (secondary N) is 2. The first-order chi connectivity index (χ1) is 13.3. The average molecular weight is 380 g/mol. The summed E-state index contributed by atoms with van der Waals surface area (Å²) >= 11 is 0. The lowest BCUT2D eigenvalue weighted by atomic mass is 10.1. The molecule has 142 valence electrons. The Morgan fingerprint density at radius 1 is 1.07 bits per heavy atom. The smallest absolute Gasteiger partial charge is 0.322 e. The Labute approximate surface area is 158 Å². The van der Waals surface area contributed by atoms with Gasteiger partial charge in [0.25, 0.3) is 17.2 Å². The molecule has 28 heavy (non-hydrogen) atoms. The largest absolute Gasteiger partial charge is 0.333 e. The van der Waals surface area contributed by atoms with Crippen LogP contribution in [0.3, 0.4) is 0 Å². The predicted molar refractivity (Wildman–Crippen MR) is 103 cm³/mol. The SMILES string of the molecule is Cc1ccc(-n2c(=O)[nH]cc(C(=O)Nc3ccc([N+](=O)[O-])cc3)c2=O)cc1C. The van der Waals surface area contributed by atoms with Gasteiger partial charge < -0.3 is 10.3 Å². The molecule has 0 radical (unpaired) electrons. The summed E-state index contributed by atoms with van der Waals surface area (Å²) < 4.78 is 0.886. The molecule has 1 aromatic heterocycles. The van der Waals surface area contributed by atoms with Crippen LogP contribution in [0.4, 0.5) is 11.4 Å². The molecular formula is C19H16N4O5. The van der Waals surface area contributed by atoms with Gasteiger partial charge in [0.15, 0.2) is 0 Å². The molecule has 2 aromatic carbocycles. The van der Waals surface area contributed by atoms with Gasteiger partial charge in [-0.15, -0.1) is 0 Å². The van der Waals surface area contributed by atoms with Crippen LogP contribution in [0.1, 0.15) is 21.5 Å². The number of benzene rings is 2. The molecule has 0 unspecified atom stereocenters. The van der Waals surface area contributed by atoms with Crippen molar-refractivity contribution in [1.29, 1.82) is 0 Å². The number of carbonyl (C=O) groups is 1. The first kappa shape index (κ1) is 18.8. The van der Waals surface area contributed by atoms with Crippen LogP contribution in [0.5, 0.6) is 0 Å². The van der Waals surface area contributed by atoms with Crippen LogP contribution in [-0.2, 0) is 0 Å². The molecule has 0 spiro atoms. The van der Waals surface area contributed by atoms with E-state index in [0.29, 0.717) is 5.69 Å². The zero-order valence-corrected chi connectivity index (χ0v) is 15.1.